The Morgan fingerprint density at radius 2 is 1.58 bits per heavy atom. The number of methoxy groups -OCH3 is 1. The molecule has 0 atom stereocenters. The zero-order chi connectivity index (χ0) is 25.5. The molecule has 184 valence electrons. The van der Waals surface area contributed by atoms with Gasteiger partial charge in [-0.25, -0.2) is 4.39 Å². The smallest absolute Gasteiger partial charge is 0.278 e. The molecule has 1 aliphatic heterocycles. The first-order chi connectivity index (χ1) is 17.5. The zero-order valence-corrected chi connectivity index (χ0v) is 20.3. The average molecular weight is 506 g/mol. The van der Waals surface area contributed by atoms with Gasteiger partial charge >= 0.3 is 0 Å². The van der Waals surface area contributed by atoms with E-state index in [1.165, 1.54) is 29.2 Å². The first-order valence-corrected chi connectivity index (χ1v) is 12.0. The molecule has 0 unspecified atom stereocenters. The number of rotatable bonds is 10. The number of nitrogens with one attached hydrogen (secondary N) is 2. The van der Waals surface area contributed by atoms with Crippen LogP contribution >= 0.6 is 11.8 Å². The normalized spacial score (nSPS) is 13.3. The van der Waals surface area contributed by atoms with Crippen molar-refractivity contribution in [2.75, 3.05) is 30.9 Å². The predicted octanol–water partition coefficient (Wildman–Crippen LogP) is 4.90. The van der Waals surface area contributed by atoms with Crippen molar-refractivity contribution in [1.82, 2.24) is 4.90 Å². The van der Waals surface area contributed by atoms with E-state index < -0.39 is 17.6 Å². The second-order valence-corrected chi connectivity index (χ2v) is 8.97. The molecule has 0 bridgehead atoms. The molecule has 4 rings (SSSR count). The van der Waals surface area contributed by atoms with Crippen molar-refractivity contribution < 1.29 is 23.5 Å². The number of hydrogen-bond acceptors (Lipinski definition) is 6. The summed E-state index contributed by atoms with van der Waals surface area (Å²) >= 11 is 1.15. The molecule has 2 N–H and O–H groups in total. The Bertz CT molecular complexity index is 1280. The lowest BCUT2D eigenvalue weighted by Crippen LogP contribution is -2.33. The second kappa shape index (κ2) is 11.7. The maximum absolute atomic E-state index is 13.3. The lowest BCUT2D eigenvalue weighted by atomic mass is 10.2. The largest absolute Gasteiger partial charge is 0.385 e. The van der Waals surface area contributed by atoms with Crippen LogP contribution in [-0.4, -0.2) is 42.9 Å². The van der Waals surface area contributed by atoms with Gasteiger partial charge in [0, 0.05) is 42.1 Å². The number of carbonyl (C=O) groups is 3. The Balaban J connectivity index is 1.53. The number of halogens is 1. The predicted molar refractivity (Wildman–Crippen MR) is 137 cm³/mol. The fourth-order valence-electron chi connectivity index (χ4n) is 3.52. The van der Waals surface area contributed by atoms with Crippen LogP contribution in [0.25, 0.3) is 0 Å². The van der Waals surface area contributed by atoms with E-state index in [2.05, 4.69) is 10.6 Å². The molecule has 0 fully saturated rings. The second-order valence-electron chi connectivity index (χ2n) is 7.89. The highest BCUT2D eigenvalue weighted by Gasteiger charge is 2.38. The van der Waals surface area contributed by atoms with Crippen LogP contribution in [0.2, 0.25) is 0 Å². The molecule has 3 aromatic carbocycles. The van der Waals surface area contributed by atoms with Crippen molar-refractivity contribution in [3.05, 3.63) is 101 Å². The molecule has 1 heterocycles. The van der Waals surface area contributed by atoms with E-state index >= 15 is 0 Å². The lowest BCUT2D eigenvalue weighted by Gasteiger charge is -2.14. The molecule has 3 amide bonds. The van der Waals surface area contributed by atoms with Crippen LogP contribution in [0.1, 0.15) is 16.8 Å². The monoisotopic (exact) mass is 505 g/mol. The number of anilines is 2. The van der Waals surface area contributed by atoms with E-state index in [1.54, 1.807) is 55.6 Å². The van der Waals surface area contributed by atoms with Gasteiger partial charge in [0.05, 0.1) is 0 Å². The fraction of sp³-hybridized carbons (Fsp3) is 0.148. The maximum atomic E-state index is 13.3. The van der Waals surface area contributed by atoms with E-state index in [0.29, 0.717) is 34.9 Å². The van der Waals surface area contributed by atoms with Crippen molar-refractivity contribution >= 4 is 40.9 Å². The molecular formula is C27H24FN3O4S. The molecule has 7 nitrogen and oxygen atoms in total. The van der Waals surface area contributed by atoms with Crippen LogP contribution in [0.3, 0.4) is 0 Å². The Morgan fingerprint density at radius 3 is 2.25 bits per heavy atom. The van der Waals surface area contributed by atoms with Gasteiger partial charge in [-0.1, -0.05) is 30.0 Å². The Morgan fingerprint density at radius 1 is 0.917 bits per heavy atom. The summed E-state index contributed by atoms with van der Waals surface area (Å²) in [6.45, 7) is 0.630. The summed E-state index contributed by atoms with van der Waals surface area (Å²) in [5.74, 6) is -1.49. The third kappa shape index (κ3) is 5.99. The third-order valence-corrected chi connectivity index (χ3v) is 6.43. The number of nitrogens with zero attached hydrogens (tertiary/aromatic N) is 1. The summed E-state index contributed by atoms with van der Waals surface area (Å²) in [6, 6.07) is 21.4. The highest BCUT2D eigenvalue weighted by atomic mass is 32.2. The molecule has 0 aliphatic carbocycles. The Labute approximate surface area is 212 Å². The number of carbonyl (C=O) groups excluding carboxylic acids is 3. The molecule has 0 saturated heterocycles. The van der Waals surface area contributed by atoms with Gasteiger partial charge in [-0.3, -0.25) is 19.3 Å². The van der Waals surface area contributed by atoms with Crippen LogP contribution in [0, 0.1) is 5.82 Å². The van der Waals surface area contributed by atoms with Gasteiger partial charge in [0.25, 0.3) is 17.7 Å². The minimum Gasteiger partial charge on any atom is -0.385 e. The van der Waals surface area contributed by atoms with Gasteiger partial charge in [-0.15, -0.1) is 0 Å². The average Bonchev–Trinajstić information content (AvgIpc) is 3.11. The van der Waals surface area contributed by atoms with Gasteiger partial charge < -0.3 is 15.4 Å². The fourth-order valence-corrected chi connectivity index (χ4v) is 4.47. The molecule has 0 aromatic heterocycles. The summed E-state index contributed by atoms with van der Waals surface area (Å²) in [7, 11) is 1.56. The number of imide groups is 1. The van der Waals surface area contributed by atoms with Gasteiger partial charge in [-0.05, 0) is 67.1 Å². The number of ether oxygens (including phenoxy) is 1. The summed E-state index contributed by atoms with van der Waals surface area (Å²) < 4.78 is 18.4. The summed E-state index contributed by atoms with van der Waals surface area (Å²) in [5.41, 5.74) is 1.77. The minimum absolute atomic E-state index is 0.135. The highest BCUT2D eigenvalue weighted by Crippen LogP contribution is 2.36. The Hall–Kier alpha value is -3.95. The van der Waals surface area contributed by atoms with Gasteiger partial charge in [0.2, 0.25) is 0 Å². The lowest BCUT2D eigenvalue weighted by molar-refractivity contribution is -0.137. The van der Waals surface area contributed by atoms with Crippen LogP contribution in [-0.2, 0) is 14.3 Å². The van der Waals surface area contributed by atoms with Crippen LogP contribution in [0.5, 0.6) is 0 Å². The quantitative estimate of drug-likeness (QED) is 0.301. The van der Waals surface area contributed by atoms with Gasteiger partial charge in [0.15, 0.2) is 0 Å². The summed E-state index contributed by atoms with van der Waals surface area (Å²) in [6.07, 6.45) is 0.506. The minimum atomic E-state index is -0.449. The molecule has 1 aliphatic rings. The number of thioether (sulfide) groups is 1. The molecule has 0 spiro atoms. The molecule has 3 aromatic rings. The van der Waals surface area contributed by atoms with Crippen molar-refractivity contribution in [3.63, 3.8) is 0 Å². The van der Waals surface area contributed by atoms with E-state index in [0.717, 1.165) is 11.8 Å². The SMILES string of the molecule is COCCCN1C(=O)C(Nc2ccc(F)cc2)=C(Sc2ccc(NC(=O)c3ccccc3)cc2)C1=O. The maximum Gasteiger partial charge on any atom is 0.278 e. The van der Waals surface area contributed by atoms with E-state index in [9.17, 15) is 18.8 Å². The first kappa shape index (κ1) is 25.2. The summed E-state index contributed by atoms with van der Waals surface area (Å²) in [4.78, 5) is 40.8. The zero-order valence-electron chi connectivity index (χ0n) is 19.5. The molecule has 0 saturated carbocycles. The first-order valence-electron chi connectivity index (χ1n) is 11.2. The van der Waals surface area contributed by atoms with Gasteiger partial charge in [-0.2, -0.15) is 0 Å². The van der Waals surface area contributed by atoms with Crippen molar-refractivity contribution in [2.45, 2.75) is 11.3 Å². The number of benzene rings is 3. The van der Waals surface area contributed by atoms with Crippen molar-refractivity contribution in [3.8, 4) is 0 Å². The van der Waals surface area contributed by atoms with E-state index in [-0.39, 0.29) is 23.1 Å². The highest BCUT2D eigenvalue weighted by molar-refractivity contribution is 8.04. The van der Waals surface area contributed by atoms with E-state index in [1.807, 2.05) is 6.07 Å². The Kier molecular flexibility index (Phi) is 8.14. The van der Waals surface area contributed by atoms with Gasteiger partial charge in [0.1, 0.15) is 16.4 Å². The van der Waals surface area contributed by atoms with E-state index in [4.69, 9.17) is 4.74 Å². The van der Waals surface area contributed by atoms with Crippen LogP contribution in [0.4, 0.5) is 15.8 Å². The molecular weight excluding hydrogens is 481 g/mol. The van der Waals surface area contributed by atoms with Crippen molar-refractivity contribution in [1.29, 1.82) is 0 Å². The van der Waals surface area contributed by atoms with Crippen LogP contribution in [0.15, 0.2) is 94.4 Å². The number of amides is 3. The standard InChI is InChI=1S/C27H24FN3O4S/c1-35-17-5-16-31-26(33)23(29-20-10-8-19(28)9-11-20)24(27(31)34)36-22-14-12-21(13-15-22)30-25(32)18-6-3-2-4-7-18/h2-4,6-15,29H,5,16-17H2,1H3,(H,30,32). The third-order valence-electron chi connectivity index (χ3n) is 5.34. The summed E-state index contributed by atoms with van der Waals surface area (Å²) in [5, 5.41) is 5.82. The van der Waals surface area contributed by atoms with Crippen molar-refractivity contribution in [2.24, 2.45) is 0 Å². The molecule has 36 heavy (non-hydrogen) atoms. The molecule has 0 radical (unpaired) electrons. The topological polar surface area (TPSA) is 87.7 Å². The van der Waals surface area contributed by atoms with Crippen LogP contribution < -0.4 is 10.6 Å². The molecule has 9 heteroatoms. The number of hydrogen-bond donors (Lipinski definition) is 2.